The molecular weight excluding hydrogens is 246 g/mol. The number of rotatable bonds is 2. The number of nitrogens with two attached hydrogens (primary N) is 1. The molecule has 0 saturated heterocycles. The van der Waals surface area contributed by atoms with Crippen LogP contribution >= 0.6 is 11.8 Å². The van der Waals surface area contributed by atoms with Crippen molar-refractivity contribution in [1.82, 2.24) is 4.98 Å². The molecule has 1 aromatic carbocycles. The Balaban J connectivity index is 2.36. The number of oxazole rings is 1. The normalized spacial score (nSPS) is 10.8. The Kier molecular flexibility index (Phi) is 3.06. The second-order valence-electron chi connectivity index (χ2n) is 3.52. The van der Waals surface area contributed by atoms with Crippen LogP contribution in [0.4, 0.5) is 14.5 Å². The van der Waals surface area contributed by atoms with Crippen molar-refractivity contribution in [2.75, 3.05) is 5.73 Å². The Labute approximate surface area is 101 Å². The van der Waals surface area contributed by atoms with E-state index in [0.29, 0.717) is 11.0 Å². The van der Waals surface area contributed by atoms with E-state index in [9.17, 15) is 8.78 Å². The predicted octanol–water partition coefficient (Wildman–Crippen LogP) is 3.30. The monoisotopic (exact) mass is 256 g/mol. The zero-order chi connectivity index (χ0) is 12.6. The minimum atomic E-state index is -0.785. The predicted molar refractivity (Wildman–Crippen MR) is 60.9 cm³/mol. The van der Waals surface area contributed by atoms with Gasteiger partial charge in [-0.15, -0.1) is 0 Å². The van der Waals surface area contributed by atoms with Crippen LogP contribution in [0.2, 0.25) is 0 Å². The quantitative estimate of drug-likeness (QED) is 0.837. The molecule has 0 saturated carbocycles. The molecule has 0 fully saturated rings. The molecule has 90 valence electrons. The second kappa shape index (κ2) is 4.37. The first-order valence-electron chi connectivity index (χ1n) is 4.84. The van der Waals surface area contributed by atoms with Gasteiger partial charge in [0.25, 0.3) is 5.22 Å². The van der Waals surface area contributed by atoms with Gasteiger partial charge in [-0.1, -0.05) is 0 Å². The fraction of sp³-hybridized carbons (Fsp3) is 0.182. The van der Waals surface area contributed by atoms with Gasteiger partial charge in [-0.05, 0) is 31.7 Å². The molecule has 0 radical (unpaired) electrons. The van der Waals surface area contributed by atoms with Crippen LogP contribution in [0.5, 0.6) is 0 Å². The number of aromatic nitrogens is 1. The van der Waals surface area contributed by atoms with Crippen LogP contribution in [0.25, 0.3) is 0 Å². The maximum absolute atomic E-state index is 13.2. The molecule has 0 atom stereocenters. The van der Waals surface area contributed by atoms with Crippen molar-refractivity contribution in [3.05, 3.63) is 35.2 Å². The third-order valence-corrected chi connectivity index (χ3v) is 3.17. The van der Waals surface area contributed by atoms with Crippen LogP contribution in [0.15, 0.2) is 26.7 Å². The van der Waals surface area contributed by atoms with Crippen LogP contribution in [0.3, 0.4) is 0 Å². The maximum atomic E-state index is 13.2. The minimum Gasteiger partial charge on any atom is -0.436 e. The largest absolute Gasteiger partial charge is 0.436 e. The summed E-state index contributed by atoms with van der Waals surface area (Å²) in [6, 6.07) is 1.89. The molecular formula is C11H10F2N2OS. The van der Waals surface area contributed by atoms with E-state index in [1.54, 1.807) is 13.8 Å². The van der Waals surface area contributed by atoms with Crippen molar-refractivity contribution in [3.63, 3.8) is 0 Å². The Morgan fingerprint density at radius 2 is 2.00 bits per heavy atom. The molecule has 1 aromatic heterocycles. The SMILES string of the molecule is Cc1nc(Sc2cc(F)cc(F)c2N)oc1C. The fourth-order valence-electron chi connectivity index (χ4n) is 1.23. The lowest BCUT2D eigenvalue weighted by atomic mass is 10.3. The molecule has 2 N–H and O–H groups in total. The third-order valence-electron chi connectivity index (χ3n) is 2.26. The van der Waals surface area contributed by atoms with Crippen molar-refractivity contribution in [2.45, 2.75) is 24.0 Å². The zero-order valence-electron chi connectivity index (χ0n) is 9.25. The Morgan fingerprint density at radius 1 is 1.29 bits per heavy atom. The topological polar surface area (TPSA) is 52.0 Å². The molecule has 0 amide bonds. The average molecular weight is 256 g/mol. The van der Waals surface area contributed by atoms with Crippen LogP contribution in [0, 0.1) is 25.5 Å². The molecule has 6 heteroatoms. The van der Waals surface area contributed by atoms with Gasteiger partial charge in [0.1, 0.15) is 17.4 Å². The van der Waals surface area contributed by atoms with Gasteiger partial charge >= 0.3 is 0 Å². The number of aryl methyl sites for hydroxylation is 2. The number of nitrogen functional groups attached to an aromatic ring is 1. The van der Waals surface area contributed by atoms with E-state index in [4.69, 9.17) is 10.2 Å². The van der Waals surface area contributed by atoms with E-state index < -0.39 is 11.6 Å². The van der Waals surface area contributed by atoms with Gasteiger partial charge in [-0.2, -0.15) is 0 Å². The summed E-state index contributed by atoms with van der Waals surface area (Å²) in [4.78, 5) is 4.36. The van der Waals surface area contributed by atoms with Crippen LogP contribution in [0.1, 0.15) is 11.5 Å². The number of benzene rings is 1. The van der Waals surface area contributed by atoms with E-state index in [-0.39, 0.29) is 10.6 Å². The van der Waals surface area contributed by atoms with E-state index in [2.05, 4.69) is 4.98 Å². The third kappa shape index (κ3) is 2.41. The number of anilines is 1. The van der Waals surface area contributed by atoms with Crippen molar-refractivity contribution in [3.8, 4) is 0 Å². The lowest BCUT2D eigenvalue weighted by molar-refractivity contribution is 0.431. The number of hydrogen-bond donors (Lipinski definition) is 1. The van der Waals surface area contributed by atoms with Gasteiger partial charge < -0.3 is 10.2 Å². The number of nitrogens with zero attached hydrogens (tertiary/aromatic N) is 1. The number of hydrogen-bond acceptors (Lipinski definition) is 4. The Bertz CT molecular complexity index is 549. The summed E-state index contributed by atoms with van der Waals surface area (Å²) >= 11 is 0.995. The molecule has 0 unspecified atom stereocenters. The van der Waals surface area contributed by atoms with Gasteiger partial charge in [-0.3, -0.25) is 0 Å². The van der Waals surface area contributed by atoms with E-state index in [0.717, 1.165) is 29.6 Å². The summed E-state index contributed by atoms with van der Waals surface area (Å²) in [5.74, 6) is -0.797. The van der Waals surface area contributed by atoms with E-state index >= 15 is 0 Å². The van der Waals surface area contributed by atoms with Gasteiger partial charge in [0, 0.05) is 11.0 Å². The van der Waals surface area contributed by atoms with Gasteiger partial charge in [0.05, 0.1) is 11.4 Å². The van der Waals surface area contributed by atoms with Crippen molar-refractivity contribution in [1.29, 1.82) is 0 Å². The highest BCUT2D eigenvalue weighted by Crippen LogP contribution is 2.34. The number of halogens is 2. The highest BCUT2D eigenvalue weighted by Gasteiger charge is 2.13. The molecule has 0 aliphatic carbocycles. The highest BCUT2D eigenvalue weighted by atomic mass is 32.2. The van der Waals surface area contributed by atoms with Crippen LogP contribution in [-0.4, -0.2) is 4.98 Å². The molecule has 17 heavy (non-hydrogen) atoms. The maximum Gasteiger partial charge on any atom is 0.261 e. The zero-order valence-corrected chi connectivity index (χ0v) is 10.1. The summed E-state index contributed by atoms with van der Waals surface area (Å²) < 4.78 is 31.5. The lowest BCUT2D eigenvalue weighted by Crippen LogP contribution is -1.95. The first kappa shape index (κ1) is 11.9. The summed E-state index contributed by atoms with van der Waals surface area (Å²) in [7, 11) is 0. The first-order valence-corrected chi connectivity index (χ1v) is 5.65. The molecule has 2 rings (SSSR count). The fourth-order valence-corrected chi connectivity index (χ4v) is 2.14. The molecule has 2 aromatic rings. The van der Waals surface area contributed by atoms with Crippen molar-refractivity contribution < 1.29 is 13.2 Å². The minimum absolute atomic E-state index is 0.107. The van der Waals surface area contributed by atoms with E-state index in [1.807, 2.05) is 0 Å². The van der Waals surface area contributed by atoms with Crippen LogP contribution in [-0.2, 0) is 0 Å². The molecule has 1 heterocycles. The van der Waals surface area contributed by atoms with Gasteiger partial charge in [0.2, 0.25) is 0 Å². The van der Waals surface area contributed by atoms with Gasteiger partial charge in [0.15, 0.2) is 0 Å². The standard InChI is InChI=1S/C11H10F2N2OS/c1-5-6(2)16-11(15-5)17-9-4-7(12)3-8(13)10(9)14/h3-4H,14H2,1-2H3. The van der Waals surface area contributed by atoms with E-state index in [1.165, 1.54) is 0 Å². The second-order valence-corrected chi connectivity index (χ2v) is 4.52. The first-order chi connectivity index (χ1) is 7.97. The van der Waals surface area contributed by atoms with Gasteiger partial charge in [-0.25, -0.2) is 13.8 Å². The Hall–Kier alpha value is -1.56. The average Bonchev–Trinajstić information content (AvgIpc) is 2.54. The van der Waals surface area contributed by atoms with Crippen molar-refractivity contribution in [2.24, 2.45) is 0 Å². The summed E-state index contributed by atoms with van der Waals surface area (Å²) in [6.07, 6.45) is 0. The smallest absolute Gasteiger partial charge is 0.261 e. The molecule has 0 spiro atoms. The summed E-state index contributed by atoms with van der Waals surface area (Å²) in [5, 5.41) is 0.316. The molecule has 3 nitrogen and oxygen atoms in total. The van der Waals surface area contributed by atoms with Crippen LogP contribution < -0.4 is 5.73 Å². The lowest BCUT2D eigenvalue weighted by Gasteiger charge is -2.03. The summed E-state index contributed by atoms with van der Waals surface area (Å²) in [6.45, 7) is 3.56. The summed E-state index contributed by atoms with van der Waals surface area (Å²) in [5.41, 5.74) is 6.14. The van der Waals surface area contributed by atoms with Crippen molar-refractivity contribution >= 4 is 17.4 Å². The molecule has 0 aliphatic rings. The Morgan fingerprint density at radius 3 is 2.59 bits per heavy atom. The highest BCUT2D eigenvalue weighted by molar-refractivity contribution is 7.99. The molecule has 0 aliphatic heterocycles. The molecule has 0 bridgehead atoms.